The molecule has 0 aliphatic heterocycles. The van der Waals surface area contributed by atoms with Gasteiger partial charge in [0, 0.05) is 49.7 Å². The van der Waals surface area contributed by atoms with Crippen molar-refractivity contribution < 1.29 is 17.5 Å². The quantitative estimate of drug-likeness (QED) is 0.306. The molecule has 30 heavy (non-hydrogen) atoms. The summed E-state index contributed by atoms with van der Waals surface area (Å²) in [6.45, 7) is 1.71. The van der Waals surface area contributed by atoms with E-state index in [1.54, 1.807) is 18.6 Å². The maximum atomic E-state index is 7.84. The molecule has 0 aliphatic rings. The van der Waals surface area contributed by atoms with Crippen LogP contribution in [0.5, 0.6) is 0 Å². The third-order valence-corrected chi connectivity index (χ3v) is 5.99. The highest BCUT2D eigenvalue weighted by Gasteiger charge is 2.23. The molecule has 0 fully saturated rings. The van der Waals surface area contributed by atoms with Crippen LogP contribution in [0, 0.1) is 20.7 Å². The molecule has 0 spiro atoms. The summed E-state index contributed by atoms with van der Waals surface area (Å²) in [7, 11) is 1.87. The van der Waals surface area contributed by atoms with Gasteiger partial charge in [-0.1, -0.05) is 12.1 Å². The van der Waals surface area contributed by atoms with Gasteiger partial charge in [0.2, 0.25) is 5.69 Å². The Morgan fingerprint density at radius 2 is 1.57 bits per heavy atom. The predicted molar refractivity (Wildman–Crippen MR) is 120 cm³/mol. The number of fused-ring (bicyclic) bond motifs is 7. The van der Waals surface area contributed by atoms with Crippen LogP contribution in [-0.2, 0) is 7.05 Å². The summed E-state index contributed by atoms with van der Waals surface area (Å²) < 4.78 is 38.1. The van der Waals surface area contributed by atoms with Gasteiger partial charge in [0.25, 0.3) is 0 Å². The fraction of sp³-hybridized carbons (Fsp3) is 0.154. The first-order valence-electron chi connectivity index (χ1n) is 11.4. The fourth-order valence-electron chi connectivity index (χ4n) is 4.39. The van der Waals surface area contributed by atoms with Crippen molar-refractivity contribution in [2.75, 3.05) is 0 Å². The molecule has 146 valence electrons. The highest BCUT2D eigenvalue weighted by atomic mass is 16.4. The Bertz CT molecular complexity index is 1740. The average molecular weight is 396 g/mol. The van der Waals surface area contributed by atoms with E-state index >= 15 is 0 Å². The maximum Gasteiger partial charge on any atom is 0.216 e. The zero-order chi connectivity index (χ0) is 23.1. The Morgan fingerprint density at radius 1 is 0.833 bits per heavy atom. The summed E-state index contributed by atoms with van der Waals surface area (Å²) in [6.07, 6.45) is 5.22. The maximum absolute atomic E-state index is 7.84. The van der Waals surface area contributed by atoms with E-state index in [0.29, 0.717) is 16.7 Å². The van der Waals surface area contributed by atoms with E-state index in [1.807, 2.05) is 37.6 Å². The number of hydrogen-bond acceptors (Lipinski definition) is 3. The molecule has 4 nitrogen and oxygen atoms in total. The first-order chi connectivity index (χ1) is 15.7. The van der Waals surface area contributed by atoms with E-state index in [2.05, 4.69) is 29.2 Å². The molecule has 4 heteroatoms. The zero-order valence-electron chi connectivity index (χ0n) is 19.9. The lowest BCUT2D eigenvalue weighted by Gasteiger charge is -2.07. The van der Waals surface area contributed by atoms with E-state index in [9.17, 15) is 0 Å². The van der Waals surface area contributed by atoms with Gasteiger partial charge >= 0.3 is 0 Å². The van der Waals surface area contributed by atoms with Gasteiger partial charge in [0.05, 0.1) is 5.56 Å². The van der Waals surface area contributed by atoms with E-state index in [4.69, 9.17) is 12.9 Å². The molecule has 4 heterocycles. The molecular formula is C26H21N2O2+. The summed E-state index contributed by atoms with van der Waals surface area (Å²) in [5.74, 6) is 0. The Morgan fingerprint density at radius 3 is 2.40 bits per heavy atom. The number of nitrogens with zero attached hydrogens (tertiary/aromatic N) is 2. The number of aromatic nitrogens is 2. The van der Waals surface area contributed by atoms with Gasteiger partial charge in [0.15, 0.2) is 17.4 Å². The van der Waals surface area contributed by atoms with Crippen LogP contribution in [0.2, 0.25) is 0 Å². The molecular weight excluding hydrogens is 372 g/mol. The number of rotatable bonds is 1. The monoisotopic (exact) mass is 396 g/mol. The lowest BCUT2D eigenvalue weighted by Crippen LogP contribution is -2.31. The van der Waals surface area contributed by atoms with Crippen molar-refractivity contribution in [1.82, 2.24) is 4.98 Å². The summed E-state index contributed by atoms with van der Waals surface area (Å²) >= 11 is 0. The second-order valence-electron chi connectivity index (χ2n) is 7.90. The molecule has 0 saturated heterocycles. The molecule has 4 aromatic heterocycles. The minimum atomic E-state index is -2.16. The van der Waals surface area contributed by atoms with Crippen molar-refractivity contribution in [3.8, 4) is 11.3 Å². The lowest BCUT2D eigenvalue weighted by atomic mass is 9.99. The molecule has 6 rings (SSSR count). The fourth-order valence-corrected chi connectivity index (χ4v) is 4.39. The second-order valence-corrected chi connectivity index (χ2v) is 7.90. The second kappa shape index (κ2) is 5.92. The van der Waals surface area contributed by atoms with Crippen LogP contribution in [0.15, 0.2) is 63.8 Å². The van der Waals surface area contributed by atoms with E-state index < -0.39 is 6.85 Å². The first kappa shape index (κ1) is 14.3. The van der Waals surface area contributed by atoms with Crippen LogP contribution < -0.4 is 4.57 Å². The van der Waals surface area contributed by atoms with Crippen molar-refractivity contribution in [3.05, 3.63) is 71.7 Å². The standard InChI is InChI=1S/C26H21N2O2/c1-14-5-6-17-18-7-8-19-20-12-27-10-9-22(20)29-25(19)26(18)30-24(17)23(14)21-11-15(2)16(3)13-28(21)4/h5-13H,1-4H3/q+1/i3D3. The average Bonchev–Trinajstić information content (AvgIpc) is 3.33. The van der Waals surface area contributed by atoms with Crippen LogP contribution >= 0.6 is 0 Å². The van der Waals surface area contributed by atoms with Crippen LogP contribution in [-0.4, -0.2) is 4.98 Å². The smallest absolute Gasteiger partial charge is 0.216 e. The number of furan rings is 2. The van der Waals surface area contributed by atoms with E-state index in [0.717, 1.165) is 55.1 Å². The molecule has 0 radical (unpaired) electrons. The summed E-state index contributed by atoms with van der Waals surface area (Å²) in [5, 5.41) is 3.88. The molecule has 0 N–H and O–H groups in total. The Hall–Kier alpha value is -3.66. The first-order valence-corrected chi connectivity index (χ1v) is 9.86. The van der Waals surface area contributed by atoms with Crippen LogP contribution in [0.3, 0.4) is 0 Å². The number of hydrogen-bond donors (Lipinski definition) is 0. The van der Waals surface area contributed by atoms with Crippen molar-refractivity contribution in [3.63, 3.8) is 0 Å². The highest BCUT2D eigenvalue weighted by molar-refractivity contribution is 6.20. The van der Waals surface area contributed by atoms with Gasteiger partial charge in [-0.05, 0) is 50.0 Å². The topological polar surface area (TPSA) is 43.0 Å². The molecule has 0 atom stereocenters. The summed E-state index contributed by atoms with van der Waals surface area (Å²) in [5.41, 5.74) is 6.88. The van der Waals surface area contributed by atoms with Gasteiger partial charge in [-0.3, -0.25) is 4.98 Å². The van der Waals surface area contributed by atoms with Gasteiger partial charge in [-0.25, -0.2) is 4.57 Å². The SMILES string of the molecule is [2H]C([2H])([2H])c1c[n+](C)c(-c2c(C)ccc3c2oc2c3ccc3c4cnccc4oc32)cc1C. The molecule has 0 saturated carbocycles. The summed E-state index contributed by atoms with van der Waals surface area (Å²) in [4.78, 5) is 4.23. The van der Waals surface area contributed by atoms with Gasteiger partial charge in [0.1, 0.15) is 18.2 Å². The molecule has 0 unspecified atom stereocenters. The van der Waals surface area contributed by atoms with Gasteiger partial charge in [-0.15, -0.1) is 0 Å². The molecule has 0 aliphatic carbocycles. The van der Waals surface area contributed by atoms with Crippen LogP contribution in [0.4, 0.5) is 0 Å². The van der Waals surface area contributed by atoms with Gasteiger partial charge in [-0.2, -0.15) is 0 Å². The number of aryl methyl sites for hydroxylation is 4. The molecule has 0 amide bonds. The Kier molecular flexibility index (Phi) is 2.83. The Balaban J connectivity index is 1.70. The van der Waals surface area contributed by atoms with Gasteiger partial charge < -0.3 is 8.83 Å². The Labute approximate surface area is 177 Å². The van der Waals surface area contributed by atoms with Crippen molar-refractivity contribution in [2.45, 2.75) is 20.7 Å². The molecule has 6 aromatic rings. The third-order valence-electron chi connectivity index (χ3n) is 5.99. The summed E-state index contributed by atoms with van der Waals surface area (Å²) in [6, 6.07) is 12.0. The van der Waals surface area contributed by atoms with Crippen molar-refractivity contribution in [2.24, 2.45) is 7.05 Å². The lowest BCUT2D eigenvalue weighted by molar-refractivity contribution is -0.660. The van der Waals surface area contributed by atoms with Crippen molar-refractivity contribution >= 4 is 43.9 Å². The van der Waals surface area contributed by atoms with Crippen LogP contribution in [0.25, 0.3) is 55.1 Å². The zero-order valence-corrected chi connectivity index (χ0v) is 16.9. The minimum absolute atomic E-state index is 0.348. The molecule has 0 bridgehead atoms. The predicted octanol–water partition coefficient (Wildman–Crippen LogP) is 6.30. The normalized spacial score (nSPS) is 13.9. The number of pyridine rings is 2. The third kappa shape index (κ3) is 2.22. The highest BCUT2D eigenvalue weighted by Crippen LogP contribution is 2.41. The minimum Gasteiger partial charge on any atom is -0.452 e. The van der Waals surface area contributed by atoms with Crippen molar-refractivity contribution in [1.29, 1.82) is 0 Å². The molecule has 2 aromatic carbocycles. The van der Waals surface area contributed by atoms with E-state index in [-0.39, 0.29) is 0 Å². The van der Waals surface area contributed by atoms with E-state index in [1.165, 1.54) is 0 Å². The number of benzene rings is 2. The van der Waals surface area contributed by atoms with Crippen LogP contribution in [0.1, 0.15) is 20.8 Å². The largest absolute Gasteiger partial charge is 0.452 e.